The van der Waals surface area contributed by atoms with Gasteiger partial charge >= 0.3 is 0 Å². The highest BCUT2D eigenvalue weighted by Crippen LogP contribution is 2.20. The first kappa shape index (κ1) is 24.5. The molecular formula is C33H28O3. The lowest BCUT2D eigenvalue weighted by atomic mass is 10.0. The fourth-order valence-electron chi connectivity index (χ4n) is 3.68. The van der Waals surface area contributed by atoms with Gasteiger partial charge in [-0.15, -0.1) is 0 Å². The number of ether oxygens (including phenoxy) is 2. The molecule has 0 unspecified atom stereocenters. The lowest BCUT2D eigenvalue weighted by Crippen LogP contribution is -1.84. The van der Waals surface area contributed by atoms with Gasteiger partial charge in [-0.3, -0.25) is 4.79 Å². The lowest BCUT2D eigenvalue weighted by molar-refractivity contribution is 0.112. The smallest absolute Gasteiger partial charge is 0.150 e. The maximum Gasteiger partial charge on any atom is 0.150 e. The molecule has 0 radical (unpaired) electrons. The summed E-state index contributed by atoms with van der Waals surface area (Å²) in [5, 5.41) is 0. The van der Waals surface area contributed by atoms with Crippen molar-refractivity contribution in [3.63, 3.8) is 0 Å². The van der Waals surface area contributed by atoms with Crippen LogP contribution in [0.25, 0.3) is 36.5 Å². The molecule has 0 heterocycles. The van der Waals surface area contributed by atoms with Crippen LogP contribution in [0.5, 0.6) is 11.5 Å². The molecule has 36 heavy (non-hydrogen) atoms. The topological polar surface area (TPSA) is 35.5 Å². The number of hydrogen-bond acceptors (Lipinski definition) is 3. The van der Waals surface area contributed by atoms with E-state index in [0.717, 1.165) is 51.2 Å². The molecule has 0 saturated carbocycles. The molecule has 0 aliphatic carbocycles. The first-order valence-electron chi connectivity index (χ1n) is 11.7. The highest BCUT2D eigenvalue weighted by molar-refractivity contribution is 5.80. The summed E-state index contributed by atoms with van der Waals surface area (Å²) in [5.41, 5.74) is 7.18. The summed E-state index contributed by atoms with van der Waals surface area (Å²) in [6.07, 6.45) is 13.4. The van der Waals surface area contributed by atoms with Gasteiger partial charge in [0.2, 0.25) is 0 Å². The third kappa shape index (κ3) is 6.94. The second-order valence-electron chi connectivity index (χ2n) is 8.26. The molecule has 0 bridgehead atoms. The van der Waals surface area contributed by atoms with Gasteiger partial charge in [-0.1, -0.05) is 85.0 Å². The van der Waals surface area contributed by atoms with Gasteiger partial charge in [0.1, 0.15) is 17.8 Å². The molecule has 3 heteroatoms. The quantitative estimate of drug-likeness (QED) is 0.183. The van der Waals surface area contributed by atoms with Gasteiger partial charge < -0.3 is 9.47 Å². The van der Waals surface area contributed by atoms with Crippen LogP contribution in [0.3, 0.4) is 0 Å². The van der Waals surface area contributed by atoms with E-state index in [4.69, 9.17) is 9.47 Å². The summed E-state index contributed by atoms with van der Waals surface area (Å²) in [4.78, 5) is 10.9. The van der Waals surface area contributed by atoms with Crippen LogP contribution >= 0.6 is 0 Å². The summed E-state index contributed by atoms with van der Waals surface area (Å²) >= 11 is 0. The molecule has 0 aromatic heterocycles. The van der Waals surface area contributed by atoms with Crippen molar-refractivity contribution in [2.75, 3.05) is 14.2 Å². The molecule has 4 rings (SSSR count). The number of methoxy groups -OCH3 is 2. The van der Waals surface area contributed by atoms with Crippen molar-refractivity contribution < 1.29 is 14.3 Å². The molecule has 0 amide bonds. The van der Waals surface area contributed by atoms with E-state index in [1.807, 2.05) is 72.8 Å². The fraction of sp³-hybridized carbons (Fsp3) is 0.0606. The van der Waals surface area contributed by atoms with E-state index in [9.17, 15) is 4.79 Å². The summed E-state index contributed by atoms with van der Waals surface area (Å²) < 4.78 is 10.5. The van der Waals surface area contributed by atoms with Crippen molar-refractivity contribution in [2.45, 2.75) is 0 Å². The molecule has 0 spiro atoms. The van der Waals surface area contributed by atoms with E-state index in [-0.39, 0.29) is 0 Å². The molecule has 178 valence electrons. The van der Waals surface area contributed by atoms with Crippen molar-refractivity contribution in [1.29, 1.82) is 0 Å². The third-order valence-corrected chi connectivity index (χ3v) is 5.71. The number of carbonyl (C=O) groups excluding carboxylic acids is 1. The average molecular weight is 473 g/mol. The molecule has 0 aliphatic heterocycles. The number of rotatable bonds is 9. The summed E-state index contributed by atoms with van der Waals surface area (Å²) in [7, 11) is 3.34. The average Bonchev–Trinajstić information content (AvgIpc) is 2.94. The van der Waals surface area contributed by atoms with Crippen LogP contribution in [0.2, 0.25) is 0 Å². The van der Waals surface area contributed by atoms with Gasteiger partial charge in [-0.25, -0.2) is 0 Å². The second kappa shape index (κ2) is 12.2. The number of hydrogen-bond donors (Lipinski definition) is 0. The van der Waals surface area contributed by atoms with Crippen LogP contribution in [-0.4, -0.2) is 20.5 Å². The number of carbonyl (C=O) groups is 1. The minimum absolute atomic E-state index is 0.670. The Bertz CT molecular complexity index is 1300. The highest BCUT2D eigenvalue weighted by atomic mass is 16.5. The van der Waals surface area contributed by atoms with Gasteiger partial charge in [-0.05, 0) is 75.8 Å². The van der Waals surface area contributed by atoms with E-state index >= 15 is 0 Å². The highest BCUT2D eigenvalue weighted by Gasteiger charge is 1.99. The van der Waals surface area contributed by atoms with Crippen LogP contribution < -0.4 is 9.47 Å². The van der Waals surface area contributed by atoms with Gasteiger partial charge in [0.05, 0.1) is 14.2 Å². The maximum absolute atomic E-state index is 10.9. The molecule has 4 aromatic carbocycles. The molecular weight excluding hydrogens is 444 g/mol. The molecule has 0 fully saturated rings. The third-order valence-electron chi connectivity index (χ3n) is 5.71. The van der Waals surface area contributed by atoms with Crippen LogP contribution in [0.15, 0.2) is 91.0 Å². The molecule has 0 atom stereocenters. The Kier molecular flexibility index (Phi) is 8.29. The molecule has 0 N–H and O–H groups in total. The number of benzene rings is 4. The predicted molar refractivity (Wildman–Crippen MR) is 151 cm³/mol. The largest absolute Gasteiger partial charge is 0.497 e. The van der Waals surface area contributed by atoms with Crippen LogP contribution in [0, 0.1) is 0 Å². The van der Waals surface area contributed by atoms with Crippen LogP contribution in [-0.2, 0) is 0 Å². The molecule has 4 aromatic rings. The van der Waals surface area contributed by atoms with Crippen molar-refractivity contribution in [2.24, 2.45) is 0 Å². The zero-order valence-electron chi connectivity index (χ0n) is 20.4. The molecule has 0 aliphatic rings. The van der Waals surface area contributed by atoms with E-state index in [1.165, 1.54) is 0 Å². The Hall–Kier alpha value is -4.63. The second-order valence-corrected chi connectivity index (χ2v) is 8.26. The minimum Gasteiger partial charge on any atom is -0.497 e. The van der Waals surface area contributed by atoms with Crippen molar-refractivity contribution in [3.05, 3.63) is 130 Å². The zero-order chi connectivity index (χ0) is 25.2. The normalized spacial score (nSPS) is 11.4. The Labute approximate surface area is 212 Å². The summed E-state index contributed by atoms with van der Waals surface area (Å²) in [5.74, 6) is 1.68. The monoisotopic (exact) mass is 472 g/mol. The maximum atomic E-state index is 10.9. The minimum atomic E-state index is 0.670. The first-order chi connectivity index (χ1) is 17.6. The predicted octanol–water partition coefficient (Wildman–Crippen LogP) is 8.03. The van der Waals surface area contributed by atoms with Crippen molar-refractivity contribution >= 4 is 42.7 Å². The van der Waals surface area contributed by atoms with Gasteiger partial charge in [0.25, 0.3) is 0 Å². The van der Waals surface area contributed by atoms with Gasteiger partial charge in [0, 0.05) is 5.56 Å². The zero-order valence-corrected chi connectivity index (χ0v) is 20.4. The lowest BCUT2D eigenvalue weighted by Gasteiger charge is -2.04. The Morgan fingerprint density at radius 1 is 0.417 bits per heavy atom. The Morgan fingerprint density at radius 2 is 0.694 bits per heavy atom. The summed E-state index contributed by atoms with van der Waals surface area (Å²) in [6.45, 7) is 0. The molecule has 3 nitrogen and oxygen atoms in total. The summed E-state index contributed by atoms with van der Waals surface area (Å²) in [6, 6.07) is 30.0. The van der Waals surface area contributed by atoms with Gasteiger partial charge in [0.15, 0.2) is 0 Å². The van der Waals surface area contributed by atoms with Crippen LogP contribution in [0.4, 0.5) is 0 Å². The fourth-order valence-corrected chi connectivity index (χ4v) is 3.68. The van der Waals surface area contributed by atoms with E-state index in [1.54, 1.807) is 14.2 Å². The standard InChI is InChI=1S/C33H28O3/c1-35-32-17-13-26(14-18-32)6-11-30-21-29(10-5-25-3-8-28(24-34)9-4-25)22-31(23-30)12-7-27-15-19-33(36-2)20-16-27/h3-24H,1-2H3/b10-5+,11-6+,12-7+. The van der Waals surface area contributed by atoms with Gasteiger partial charge in [-0.2, -0.15) is 0 Å². The Morgan fingerprint density at radius 3 is 1.00 bits per heavy atom. The van der Waals surface area contributed by atoms with E-state index < -0.39 is 0 Å². The first-order valence-corrected chi connectivity index (χ1v) is 11.7. The van der Waals surface area contributed by atoms with Crippen molar-refractivity contribution in [1.82, 2.24) is 0 Å². The Balaban J connectivity index is 1.62. The molecule has 0 saturated heterocycles. The van der Waals surface area contributed by atoms with Crippen molar-refractivity contribution in [3.8, 4) is 11.5 Å². The van der Waals surface area contributed by atoms with E-state index in [0.29, 0.717) is 5.56 Å². The van der Waals surface area contributed by atoms with E-state index in [2.05, 4.69) is 54.7 Å². The number of aldehydes is 1. The van der Waals surface area contributed by atoms with Crippen LogP contribution in [0.1, 0.15) is 43.7 Å². The SMILES string of the molecule is COc1ccc(/C=C/c2cc(/C=C/c3ccc(C=O)cc3)cc(/C=C/c3ccc(OC)cc3)c2)cc1.